The molecule has 0 saturated carbocycles. The molecule has 3 aromatic carbocycles. The van der Waals surface area contributed by atoms with Crippen LogP contribution in [-0.4, -0.2) is 86.9 Å². The number of nitrogens with zero attached hydrogens (tertiary/aromatic N) is 7. The molecule has 0 bridgehead atoms. The van der Waals surface area contributed by atoms with E-state index in [-0.39, 0.29) is 36.1 Å². The molecule has 0 radical (unpaired) electrons. The van der Waals surface area contributed by atoms with Crippen LogP contribution in [0.3, 0.4) is 0 Å². The molecule has 2 aromatic heterocycles. The molecule has 1 atom stereocenters. The highest BCUT2D eigenvalue weighted by atomic mass is 19.1. The quantitative estimate of drug-likeness (QED) is 0.134. The summed E-state index contributed by atoms with van der Waals surface area (Å²) in [5.74, 6) is 0.756. The van der Waals surface area contributed by atoms with Gasteiger partial charge < -0.3 is 31.2 Å². The van der Waals surface area contributed by atoms with Gasteiger partial charge in [-0.25, -0.2) is 9.37 Å². The van der Waals surface area contributed by atoms with Gasteiger partial charge in [0, 0.05) is 58.9 Å². The van der Waals surface area contributed by atoms with Gasteiger partial charge >= 0.3 is 0 Å². The smallest absolute Gasteiger partial charge is 0.244 e. The molecule has 0 aliphatic carbocycles. The molecule has 3 heterocycles. The van der Waals surface area contributed by atoms with Gasteiger partial charge in [-0.15, -0.1) is 0 Å². The number of H-pyrrole nitrogens is 1. The average Bonchev–Trinajstić information content (AvgIpc) is 3.49. The zero-order chi connectivity index (χ0) is 33.5. The number of halogens is 1. The molecule has 1 amide bonds. The molecule has 1 unspecified atom stereocenters. The van der Waals surface area contributed by atoms with Gasteiger partial charge in [0.1, 0.15) is 17.7 Å². The molecule has 13 nitrogen and oxygen atoms in total. The first-order chi connectivity index (χ1) is 23.3. The number of hydrogen-bond donors (Lipinski definition) is 5. The molecule has 1 fully saturated rings. The standard InChI is InChI=1S/C34H37FN12O/c1-46(2)31(48)29(17-22-6-8-23(19-36)9-7-22)42-34-44-32(38-20-30-40-27-11-10-25(35)18-28(27)41-30)43-33(45-34)39-26-5-3-4-24(16-26)21-47-14-12-37-13-15-47/h3-11,16,18,29,37H,12-15,17,20-21H2,1-2H3,(H,40,41)(H3,38,39,42,43,44,45). The second kappa shape index (κ2) is 14.8. The van der Waals surface area contributed by atoms with Gasteiger partial charge in [-0.2, -0.15) is 20.2 Å². The van der Waals surface area contributed by atoms with E-state index in [1.165, 1.54) is 17.0 Å². The number of piperazine rings is 1. The lowest BCUT2D eigenvalue weighted by atomic mass is 10.0. The molecule has 48 heavy (non-hydrogen) atoms. The fourth-order valence-corrected chi connectivity index (χ4v) is 5.48. The van der Waals surface area contributed by atoms with Crippen LogP contribution in [0.15, 0.2) is 66.7 Å². The predicted molar refractivity (Wildman–Crippen MR) is 182 cm³/mol. The number of fused-ring (bicyclic) bond motifs is 1. The first-order valence-corrected chi connectivity index (χ1v) is 15.7. The van der Waals surface area contributed by atoms with Crippen molar-refractivity contribution in [3.05, 3.63) is 95.1 Å². The lowest BCUT2D eigenvalue weighted by Crippen LogP contribution is -2.42. The normalized spacial score (nSPS) is 13.9. The molecule has 0 spiro atoms. The molecule has 5 N–H and O–H groups in total. The van der Waals surface area contributed by atoms with Gasteiger partial charge in [-0.1, -0.05) is 24.3 Å². The number of rotatable bonds is 12. The van der Waals surface area contributed by atoms with E-state index in [0.29, 0.717) is 28.8 Å². The van der Waals surface area contributed by atoms with Crippen LogP contribution in [0.1, 0.15) is 22.5 Å². The van der Waals surface area contributed by atoms with Crippen LogP contribution in [0.2, 0.25) is 0 Å². The summed E-state index contributed by atoms with van der Waals surface area (Å²) in [5, 5.41) is 22.3. The predicted octanol–water partition coefficient (Wildman–Crippen LogP) is 3.63. The lowest BCUT2D eigenvalue weighted by molar-refractivity contribution is -0.129. The topological polar surface area (TPSA) is 163 Å². The minimum absolute atomic E-state index is 0.168. The molecule has 246 valence electrons. The maximum atomic E-state index is 13.7. The Morgan fingerprint density at radius 2 is 1.75 bits per heavy atom. The fourth-order valence-electron chi connectivity index (χ4n) is 5.48. The summed E-state index contributed by atoms with van der Waals surface area (Å²) >= 11 is 0. The number of aromatic nitrogens is 5. The molecule has 1 aliphatic heterocycles. The van der Waals surface area contributed by atoms with Crippen LogP contribution in [0.25, 0.3) is 11.0 Å². The van der Waals surface area contributed by atoms with Crippen LogP contribution in [0.5, 0.6) is 0 Å². The highest BCUT2D eigenvalue weighted by molar-refractivity contribution is 5.84. The monoisotopic (exact) mass is 648 g/mol. The Kier molecular flexibility index (Phi) is 9.99. The number of nitrogens with one attached hydrogen (secondary N) is 5. The van der Waals surface area contributed by atoms with Crippen molar-refractivity contribution in [2.45, 2.75) is 25.6 Å². The van der Waals surface area contributed by atoms with E-state index in [4.69, 9.17) is 0 Å². The van der Waals surface area contributed by atoms with Crippen molar-refractivity contribution in [2.24, 2.45) is 0 Å². The zero-order valence-corrected chi connectivity index (χ0v) is 26.8. The third kappa shape index (κ3) is 8.38. The minimum Gasteiger partial charge on any atom is -0.347 e. The molecule has 5 aromatic rings. The highest BCUT2D eigenvalue weighted by Crippen LogP contribution is 2.21. The summed E-state index contributed by atoms with van der Waals surface area (Å²) in [4.78, 5) is 38.7. The van der Waals surface area contributed by atoms with Crippen LogP contribution in [0, 0.1) is 17.1 Å². The Morgan fingerprint density at radius 1 is 0.979 bits per heavy atom. The SMILES string of the molecule is CN(C)C(=O)C(Cc1ccc(C#N)cc1)Nc1nc(NCc2nc3ccc(F)cc3[nH]2)nc(Nc2cccc(CN3CCNCC3)c2)n1. The van der Waals surface area contributed by atoms with Gasteiger partial charge in [0.15, 0.2) is 0 Å². The van der Waals surface area contributed by atoms with Crippen LogP contribution < -0.4 is 21.3 Å². The number of nitriles is 1. The number of carbonyl (C=O) groups is 1. The summed E-state index contributed by atoms with van der Waals surface area (Å²) in [6, 6.07) is 21.0. The molecular weight excluding hydrogens is 611 g/mol. The van der Waals surface area contributed by atoms with Crippen molar-refractivity contribution in [1.82, 2.24) is 40.0 Å². The minimum atomic E-state index is -0.705. The van der Waals surface area contributed by atoms with Crippen molar-refractivity contribution < 1.29 is 9.18 Å². The third-order valence-electron chi connectivity index (χ3n) is 7.91. The van der Waals surface area contributed by atoms with E-state index in [2.05, 4.69) is 69.3 Å². The lowest BCUT2D eigenvalue weighted by Gasteiger charge is -2.27. The van der Waals surface area contributed by atoms with Gasteiger partial charge in [0.25, 0.3) is 0 Å². The van der Waals surface area contributed by atoms with Gasteiger partial charge in [0.2, 0.25) is 23.8 Å². The van der Waals surface area contributed by atoms with Crippen molar-refractivity contribution in [2.75, 3.05) is 56.2 Å². The number of likely N-dealkylation sites (N-methyl/N-ethyl adjacent to an activating group) is 1. The van der Waals surface area contributed by atoms with E-state index in [0.717, 1.165) is 49.5 Å². The Hall–Kier alpha value is -5.65. The molecular formula is C34H37FN12O. The Balaban J connectivity index is 1.26. The van der Waals surface area contributed by atoms with Gasteiger partial charge in [0.05, 0.1) is 29.2 Å². The Labute approximate surface area is 277 Å². The van der Waals surface area contributed by atoms with Gasteiger partial charge in [-0.05, 0) is 53.6 Å². The number of anilines is 4. The van der Waals surface area contributed by atoms with Gasteiger partial charge in [-0.3, -0.25) is 9.69 Å². The summed E-state index contributed by atoms with van der Waals surface area (Å²) in [5.41, 5.74) is 4.60. The van der Waals surface area contributed by atoms with Crippen molar-refractivity contribution in [3.8, 4) is 6.07 Å². The maximum absolute atomic E-state index is 13.7. The van der Waals surface area contributed by atoms with Crippen LogP contribution >= 0.6 is 0 Å². The molecule has 1 aliphatic rings. The first-order valence-electron chi connectivity index (χ1n) is 15.7. The number of benzene rings is 3. The largest absolute Gasteiger partial charge is 0.347 e. The summed E-state index contributed by atoms with van der Waals surface area (Å²) < 4.78 is 13.7. The second-order valence-corrected chi connectivity index (χ2v) is 11.8. The Morgan fingerprint density at radius 3 is 2.52 bits per heavy atom. The van der Waals surface area contributed by atoms with E-state index in [9.17, 15) is 14.4 Å². The second-order valence-electron chi connectivity index (χ2n) is 11.8. The zero-order valence-electron chi connectivity index (χ0n) is 26.8. The van der Waals surface area contributed by atoms with E-state index in [1.807, 2.05) is 24.3 Å². The number of amides is 1. The summed E-state index contributed by atoms with van der Waals surface area (Å²) in [6.45, 7) is 4.99. The van der Waals surface area contributed by atoms with E-state index >= 15 is 0 Å². The first kappa shape index (κ1) is 32.3. The molecule has 14 heteroatoms. The van der Waals surface area contributed by atoms with E-state index in [1.54, 1.807) is 32.3 Å². The number of imidazole rings is 1. The van der Waals surface area contributed by atoms with Crippen molar-refractivity contribution in [1.29, 1.82) is 5.26 Å². The molecule has 1 saturated heterocycles. The van der Waals surface area contributed by atoms with Crippen LogP contribution in [-0.2, 0) is 24.3 Å². The summed E-state index contributed by atoms with van der Waals surface area (Å²) in [7, 11) is 3.38. The van der Waals surface area contributed by atoms with Crippen molar-refractivity contribution in [3.63, 3.8) is 0 Å². The Bertz CT molecular complexity index is 1910. The number of aromatic amines is 1. The summed E-state index contributed by atoms with van der Waals surface area (Å²) in [6.07, 6.45) is 0.337. The van der Waals surface area contributed by atoms with E-state index < -0.39 is 6.04 Å². The van der Waals surface area contributed by atoms with Crippen molar-refractivity contribution >= 4 is 40.5 Å². The van der Waals surface area contributed by atoms with Crippen LogP contribution in [0.4, 0.5) is 27.9 Å². The maximum Gasteiger partial charge on any atom is 0.244 e. The highest BCUT2D eigenvalue weighted by Gasteiger charge is 2.23. The average molecular weight is 649 g/mol. The number of carbonyl (C=O) groups excluding carboxylic acids is 1. The molecule has 6 rings (SSSR count). The fraction of sp³-hybridized carbons (Fsp3) is 0.294. The third-order valence-corrected chi connectivity index (χ3v) is 7.91. The number of hydrogen-bond acceptors (Lipinski definition) is 11.